The molecule has 0 fully saturated rings. The van der Waals surface area contributed by atoms with Crippen LogP contribution < -0.4 is 10.6 Å². The molecule has 0 aromatic carbocycles. The predicted molar refractivity (Wildman–Crippen MR) is 78.9 cm³/mol. The van der Waals surface area contributed by atoms with Gasteiger partial charge in [-0.05, 0) is 34.6 Å². The van der Waals surface area contributed by atoms with Crippen molar-refractivity contribution in [2.75, 3.05) is 17.2 Å². The first-order valence-corrected chi connectivity index (χ1v) is 6.78. The first kappa shape index (κ1) is 16.7. The Balaban J connectivity index is 2.97. The highest BCUT2D eigenvalue weighted by atomic mass is 16.5. The van der Waals surface area contributed by atoms with Gasteiger partial charge in [0.05, 0.1) is 6.61 Å². The van der Waals surface area contributed by atoms with Crippen molar-refractivity contribution in [3.63, 3.8) is 0 Å². The number of anilines is 2. The molecule has 0 aliphatic rings. The second-order valence-corrected chi connectivity index (χ2v) is 4.78. The molecule has 1 rings (SSSR count). The largest absolute Gasteiger partial charge is 0.452 e. The van der Waals surface area contributed by atoms with E-state index in [9.17, 15) is 4.79 Å². The molecule has 1 aromatic heterocycles. The number of aromatic nitrogens is 3. The molecule has 1 aromatic rings. The smallest absolute Gasteiger partial charge is 0.447 e. The Bertz CT molecular complexity index is 474. The quantitative estimate of drug-likeness (QED) is 0.775. The maximum Gasteiger partial charge on any atom is 0.452 e. The van der Waals surface area contributed by atoms with Crippen molar-refractivity contribution in [2.45, 2.75) is 46.7 Å². The van der Waals surface area contributed by atoms with Crippen LogP contribution in [0.1, 0.15) is 34.6 Å². The molecule has 0 unspecified atom stereocenters. The summed E-state index contributed by atoms with van der Waals surface area (Å²) in [5.74, 6) is 0.756. The van der Waals surface area contributed by atoms with Gasteiger partial charge in [-0.2, -0.15) is 15.0 Å². The third-order valence-electron chi connectivity index (χ3n) is 1.95. The normalized spacial score (nSPS) is 11.2. The standard InChI is InChI=1S/C12H21N7O2/c1-6-21-12(20)19-18-11-16-9(13-7(2)3)15-10(17-11)14-8(4)5/h7-8H,6H2,1-5H3,(H2,13,14,15,16,17)/b19-18-. The highest BCUT2D eigenvalue weighted by Gasteiger charge is 2.08. The summed E-state index contributed by atoms with van der Waals surface area (Å²) in [6.45, 7) is 9.75. The van der Waals surface area contributed by atoms with Crippen LogP contribution in [-0.2, 0) is 4.74 Å². The molecule has 0 aliphatic carbocycles. The van der Waals surface area contributed by atoms with Gasteiger partial charge in [0.1, 0.15) is 0 Å². The van der Waals surface area contributed by atoms with Gasteiger partial charge in [0.15, 0.2) is 0 Å². The lowest BCUT2D eigenvalue weighted by atomic mass is 10.4. The molecule has 0 spiro atoms. The highest BCUT2D eigenvalue weighted by Crippen LogP contribution is 2.14. The number of hydrogen-bond donors (Lipinski definition) is 2. The first-order valence-electron chi connectivity index (χ1n) is 6.78. The van der Waals surface area contributed by atoms with Crippen LogP contribution >= 0.6 is 0 Å². The molecule has 9 heteroatoms. The molecule has 1 amide bonds. The molecular weight excluding hydrogens is 274 g/mol. The molecular formula is C12H21N7O2. The van der Waals surface area contributed by atoms with Crippen LogP contribution in [0, 0.1) is 0 Å². The number of carbonyl (C=O) groups excluding carboxylic acids is 1. The van der Waals surface area contributed by atoms with Gasteiger partial charge in [-0.15, -0.1) is 5.11 Å². The van der Waals surface area contributed by atoms with E-state index in [1.165, 1.54) is 0 Å². The van der Waals surface area contributed by atoms with E-state index in [2.05, 4.69) is 40.6 Å². The lowest BCUT2D eigenvalue weighted by Gasteiger charge is -2.11. The zero-order valence-electron chi connectivity index (χ0n) is 12.9. The van der Waals surface area contributed by atoms with Crippen LogP contribution in [0.4, 0.5) is 22.6 Å². The van der Waals surface area contributed by atoms with Gasteiger partial charge in [0.2, 0.25) is 11.9 Å². The lowest BCUT2D eigenvalue weighted by molar-refractivity contribution is 0.161. The molecule has 0 atom stereocenters. The predicted octanol–water partition coefficient (Wildman–Crippen LogP) is 2.75. The monoisotopic (exact) mass is 295 g/mol. The summed E-state index contributed by atoms with van der Waals surface area (Å²) in [6, 6.07) is 0.295. The van der Waals surface area contributed by atoms with Gasteiger partial charge in [0.25, 0.3) is 5.95 Å². The van der Waals surface area contributed by atoms with Crippen LogP contribution in [0.15, 0.2) is 10.2 Å². The van der Waals surface area contributed by atoms with Crippen LogP contribution in [0.25, 0.3) is 0 Å². The molecule has 0 saturated heterocycles. The second kappa shape index (κ2) is 8.08. The van der Waals surface area contributed by atoms with Crippen LogP contribution in [-0.4, -0.2) is 39.7 Å². The van der Waals surface area contributed by atoms with Gasteiger partial charge in [0, 0.05) is 12.1 Å². The van der Waals surface area contributed by atoms with E-state index in [1.54, 1.807) is 6.92 Å². The number of nitrogens with zero attached hydrogens (tertiary/aromatic N) is 5. The van der Waals surface area contributed by atoms with Gasteiger partial charge >= 0.3 is 6.09 Å². The number of rotatable bonds is 6. The third-order valence-corrected chi connectivity index (χ3v) is 1.95. The molecule has 0 saturated carbocycles. The van der Waals surface area contributed by atoms with Crippen molar-refractivity contribution >= 4 is 23.9 Å². The highest BCUT2D eigenvalue weighted by molar-refractivity contribution is 5.67. The average molecular weight is 295 g/mol. The van der Waals surface area contributed by atoms with Crippen LogP contribution in [0.3, 0.4) is 0 Å². The number of ether oxygens (including phenoxy) is 1. The molecule has 2 N–H and O–H groups in total. The Kier molecular flexibility index (Phi) is 6.44. The van der Waals surface area contributed by atoms with Gasteiger partial charge in [-0.1, -0.05) is 5.11 Å². The van der Waals surface area contributed by atoms with E-state index in [-0.39, 0.29) is 24.6 Å². The Hall–Kier alpha value is -2.32. The van der Waals surface area contributed by atoms with Crippen molar-refractivity contribution < 1.29 is 9.53 Å². The van der Waals surface area contributed by atoms with E-state index in [4.69, 9.17) is 0 Å². The summed E-state index contributed by atoms with van der Waals surface area (Å²) in [4.78, 5) is 23.5. The van der Waals surface area contributed by atoms with Crippen molar-refractivity contribution in [3.05, 3.63) is 0 Å². The number of azo groups is 1. The zero-order chi connectivity index (χ0) is 15.8. The Morgan fingerprint density at radius 3 is 2.05 bits per heavy atom. The van der Waals surface area contributed by atoms with Crippen LogP contribution in [0.2, 0.25) is 0 Å². The second-order valence-electron chi connectivity index (χ2n) is 4.78. The first-order chi connectivity index (χ1) is 9.90. The molecule has 21 heavy (non-hydrogen) atoms. The topological polar surface area (TPSA) is 114 Å². The maximum atomic E-state index is 11.2. The van der Waals surface area contributed by atoms with Crippen molar-refractivity contribution in [2.24, 2.45) is 10.2 Å². The molecule has 9 nitrogen and oxygen atoms in total. The number of carbonyl (C=O) groups is 1. The fourth-order valence-corrected chi connectivity index (χ4v) is 1.29. The van der Waals surface area contributed by atoms with Crippen molar-refractivity contribution in [1.82, 2.24) is 15.0 Å². The fraction of sp³-hybridized carbons (Fsp3) is 0.667. The van der Waals surface area contributed by atoms with E-state index in [0.29, 0.717) is 11.9 Å². The van der Waals surface area contributed by atoms with E-state index in [1.807, 2.05) is 27.7 Å². The molecule has 0 radical (unpaired) electrons. The van der Waals surface area contributed by atoms with Crippen molar-refractivity contribution in [3.8, 4) is 0 Å². The van der Waals surface area contributed by atoms with Gasteiger partial charge < -0.3 is 15.4 Å². The Labute approximate surface area is 123 Å². The minimum absolute atomic E-state index is 0.0318. The SMILES string of the molecule is CCOC(=O)/N=N\c1nc(NC(C)C)nc(NC(C)C)n1. The summed E-state index contributed by atoms with van der Waals surface area (Å²) in [6.07, 6.45) is -0.783. The van der Waals surface area contributed by atoms with Crippen LogP contribution in [0.5, 0.6) is 0 Å². The zero-order valence-corrected chi connectivity index (χ0v) is 12.9. The molecule has 0 bridgehead atoms. The maximum absolute atomic E-state index is 11.2. The Morgan fingerprint density at radius 1 is 1.10 bits per heavy atom. The minimum Gasteiger partial charge on any atom is -0.447 e. The average Bonchev–Trinajstić information content (AvgIpc) is 2.35. The summed E-state index contributed by atoms with van der Waals surface area (Å²) >= 11 is 0. The van der Waals surface area contributed by atoms with Crippen molar-refractivity contribution in [1.29, 1.82) is 0 Å². The molecule has 1 heterocycles. The summed E-state index contributed by atoms with van der Waals surface area (Å²) in [5, 5.41) is 13.2. The minimum atomic E-state index is -0.783. The number of nitrogens with one attached hydrogen (secondary N) is 2. The summed E-state index contributed by atoms with van der Waals surface area (Å²) < 4.78 is 4.65. The number of hydrogen-bond acceptors (Lipinski definition) is 8. The van der Waals surface area contributed by atoms with Gasteiger partial charge in [-0.3, -0.25) is 0 Å². The summed E-state index contributed by atoms with van der Waals surface area (Å²) in [5.41, 5.74) is 0. The lowest BCUT2D eigenvalue weighted by Crippen LogP contribution is -2.17. The van der Waals surface area contributed by atoms with E-state index in [0.717, 1.165) is 0 Å². The molecule has 0 aliphatic heterocycles. The Morgan fingerprint density at radius 2 is 1.62 bits per heavy atom. The van der Waals surface area contributed by atoms with Gasteiger partial charge in [-0.25, -0.2) is 4.79 Å². The fourth-order valence-electron chi connectivity index (χ4n) is 1.29. The third kappa shape index (κ3) is 6.59. The van der Waals surface area contributed by atoms with E-state index >= 15 is 0 Å². The number of amides is 1. The molecule has 116 valence electrons. The summed E-state index contributed by atoms with van der Waals surface area (Å²) in [7, 11) is 0. The van der Waals surface area contributed by atoms with E-state index < -0.39 is 6.09 Å².